The number of aromatic amines is 1. The number of nitrogens with one attached hydrogen (secondary N) is 2. The maximum atomic E-state index is 13.2. The van der Waals surface area contributed by atoms with Crippen molar-refractivity contribution in [1.82, 2.24) is 20.0 Å². The van der Waals surface area contributed by atoms with Crippen molar-refractivity contribution in [2.45, 2.75) is 6.92 Å². The molecule has 0 unspecified atom stereocenters. The molecule has 3 amide bonds. The summed E-state index contributed by atoms with van der Waals surface area (Å²) in [6, 6.07) is 15.1. The van der Waals surface area contributed by atoms with Crippen LogP contribution in [0.5, 0.6) is 0 Å². The summed E-state index contributed by atoms with van der Waals surface area (Å²) in [5.41, 5.74) is 4.40. The fourth-order valence-electron chi connectivity index (χ4n) is 4.22. The van der Waals surface area contributed by atoms with E-state index in [1.807, 2.05) is 60.9 Å². The van der Waals surface area contributed by atoms with E-state index in [0.29, 0.717) is 42.3 Å². The first-order chi connectivity index (χ1) is 17.5. The van der Waals surface area contributed by atoms with E-state index in [1.54, 1.807) is 21.9 Å². The maximum Gasteiger partial charge on any atom is 0.266 e. The Morgan fingerprint density at radius 1 is 1.05 bits per heavy atom. The zero-order valence-electron chi connectivity index (χ0n) is 20.1. The standard InChI is InChI=1S/C27H25N5O3S.ClH/c1-18-10-15-36-25(18)26(34)28-24-16-20(27(35)32-13-11-31(17-33)12-14-32)7-6-19(24)8-9-23-21-4-2-3-5-22(21)29-30-23;/h2-10,15-17H,11-14H2,1H3,(H,28,34)(H,29,30);1H. The highest BCUT2D eigenvalue weighted by molar-refractivity contribution is 7.12. The highest BCUT2D eigenvalue weighted by Gasteiger charge is 2.22. The lowest BCUT2D eigenvalue weighted by Crippen LogP contribution is -2.48. The molecule has 1 aliphatic rings. The SMILES string of the molecule is Cc1ccsc1C(=O)Nc1cc(C(=O)N2CCN(C=O)CC2)ccc1C=Cc1n[nH]c2ccccc12.Cl. The molecule has 8 nitrogen and oxygen atoms in total. The molecule has 3 heterocycles. The third-order valence-corrected chi connectivity index (χ3v) is 7.30. The zero-order valence-corrected chi connectivity index (χ0v) is 21.8. The predicted octanol–water partition coefficient (Wildman–Crippen LogP) is 4.69. The van der Waals surface area contributed by atoms with Gasteiger partial charge in [0.1, 0.15) is 0 Å². The number of hydrogen-bond donors (Lipinski definition) is 2. The Morgan fingerprint density at radius 3 is 2.57 bits per heavy atom. The second kappa shape index (κ2) is 11.4. The molecule has 2 N–H and O–H groups in total. The number of para-hydroxylation sites is 1. The second-order valence-electron chi connectivity index (χ2n) is 8.61. The molecule has 1 aliphatic heterocycles. The van der Waals surface area contributed by atoms with Crippen LogP contribution in [-0.2, 0) is 4.79 Å². The van der Waals surface area contributed by atoms with Gasteiger partial charge in [0.05, 0.1) is 16.1 Å². The van der Waals surface area contributed by atoms with Gasteiger partial charge in [-0.1, -0.05) is 30.3 Å². The van der Waals surface area contributed by atoms with Gasteiger partial charge in [0.2, 0.25) is 6.41 Å². The van der Waals surface area contributed by atoms with Crippen molar-refractivity contribution in [3.8, 4) is 0 Å². The van der Waals surface area contributed by atoms with Crippen molar-refractivity contribution >= 4 is 70.7 Å². The lowest BCUT2D eigenvalue weighted by molar-refractivity contribution is -0.119. The van der Waals surface area contributed by atoms with Crippen LogP contribution in [0.2, 0.25) is 0 Å². The number of nitrogens with zero attached hydrogens (tertiary/aromatic N) is 3. The van der Waals surface area contributed by atoms with E-state index in [1.165, 1.54) is 11.3 Å². The summed E-state index contributed by atoms with van der Waals surface area (Å²) in [6.45, 7) is 3.86. The van der Waals surface area contributed by atoms with Crippen LogP contribution >= 0.6 is 23.7 Å². The summed E-state index contributed by atoms with van der Waals surface area (Å²) in [7, 11) is 0. The number of fused-ring (bicyclic) bond motifs is 1. The molecular weight excluding hydrogens is 510 g/mol. The highest BCUT2D eigenvalue weighted by Crippen LogP contribution is 2.25. The van der Waals surface area contributed by atoms with Crippen molar-refractivity contribution in [2.24, 2.45) is 0 Å². The molecule has 10 heteroatoms. The Labute approximate surface area is 224 Å². The van der Waals surface area contributed by atoms with Gasteiger partial charge in [0.25, 0.3) is 11.8 Å². The average molecular weight is 536 g/mol. The summed E-state index contributed by atoms with van der Waals surface area (Å²) in [4.78, 5) is 41.2. The number of aryl methyl sites for hydroxylation is 1. The minimum absolute atomic E-state index is 0. The van der Waals surface area contributed by atoms with Gasteiger partial charge in [-0.05, 0) is 53.8 Å². The maximum absolute atomic E-state index is 13.2. The summed E-state index contributed by atoms with van der Waals surface area (Å²) in [5.74, 6) is -0.344. The van der Waals surface area contributed by atoms with Gasteiger partial charge in [0.15, 0.2) is 0 Å². The zero-order chi connectivity index (χ0) is 25.1. The number of thiophene rings is 1. The molecule has 0 spiro atoms. The molecule has 1 saturated heterocycles. The number of carbonyl (C=O) groups is 3. The number of H-pyrrole nitrogens is 1. The topological polar surface area (TPSA) is 98.4 Å². The summed E-state index contributed by atoms with van der Waals surface area (Å²) >= 11 is 1.38. The van der Waals surface area contributed by atoms with Gasteiger partial charge < -0.3 is 15.1 Å². The molecule has 37 heavy (non-hydrogen) atoms. The van der Waals surface area contributed by atoms with Crippen LogP contribution in [0.15, 0.2) is 53.9 Å². The molecule has 0 radical (unpaired) electrons. The number of carbonyl (C=O) groups excluding carboxylic acids is 3. The van der Waals surface area contributed by atoms with E-state index in [4.69, 9.17) is 0 Å². The number of amides is 3. The minimum Gasteiger partial charge on any atom is -0.342 e. The molecular formula is C27H26ClN5O3S. The summed E-state index contributed by atoms with van der Waals surface area (Å²) in [6.07, 6.45) is 4.59. The Kier molecular flexibility index (Phi) is 8.05. The first-order valence-corrected chi connectivity index (χ1v) is 12.5. The van der Waals surface area contributed by atoms with E-state index in [9.17, 15) is 14.4 Å². The van der Waals surface area contributed by atoms with E-state index in [-0.39, 0.29) is 24.2 Å². The average Bonchev–Trinajstić information content (AvgIpc) is 3.53. The molecule has 0 atom stereocenters. The van der Waals surface area contributed by atoms with Crippen molar-refractivity contribution < 1.29 is 14.4 Å². The van der Waals surface area contributed by atoms with Crippen molar-refractivity contribution in [3.63, 3.8) is 0 Å². The van der Waals surface area contributed by atoms with Crippen LogP contribution in [0.25, 0.3) is 23.1 Å². The van der Waals surface area contributed by atoms with Gasteiger partial charge in [0, 0.05) is 42.8 Å². The van der Waals surface area contributed by atoms with Crippen molar-refractivity contribution in [1.29, 1.82) is 0 Å². The third kappa shape index (κ3) is 5.58. The van der Waals surface area contributed by atoms with Gasteiger partial charge in [-0.15, -0.1) is 23.7 Å². The Hall–Kier alpha value is -3.95. The molecule has 1 fully saturated rings. The van der Waals surface area contributed by atoms with E-state index < -0.39 is 0 Å². The summed E-state index contributed by atoms with van der Waals surface area (Å²) in [5, 5.41) is 13.3. The van der Waals surface area contributed by atoms with Crippen LogP contribution in [0, 0.1) is 6.92 Å². The highest BCUT2D eigenvalue weighted by atomic mass is 35.5. The molecule has 4 aromatic rings. The quantitative estimate of drug-likeness (QED) is 0.350. The van der Waals surface area contributed by atoms with Crippen LogP contribution in [0.1, 0.15) is 36.9 Å². The van der Waals surface area contributed by atoms with Gasteiger partial charge in [-0.2, -0.15) is 5.10 Å². The first kappa shape index (κ1) is 26.1. The van der Waals surface area contributed by atoms with E-state index in [2.05, 4.69) is 15.5 Å². The lowest BCUT2D eigenvalue weighted by Gasteiger charge is -2.32. The number of halogens is 1. The van der Waals surface area contributed by atoms with Crippen molar-refractivity contribution in [2.75, 3.05) is 31.5 Å². The molecule has 0 saturated carbocycles. The molecule has 2 aromatic heterocycles. The molecule has 0 aliphatic carbocycles. The van der Waals surface area contributed by atoms with Gasteiger partial charge in [-0.3, -0.25) is 19.5 Å². The van der Waals surface area contributed by atoms with E-state index in [0.717, 1.165) is 34.1 Å². The van der Waals surface area contributed by atoms with Gasteiger partial charge in [-0.25, -0.2) is 0 Å². The normalized spacial score (nSPS) is 13.5. The second-order valence-corrected chi connectivity index (χ2v) is 9.53. The van der Waals surface area contributed by atoms with Crippen LogP contribution in [-0.4, -0.2) is 64.4 Å². The smallest absolute Gasteiger partial charge is 0.266 e. The lowest BCUT2D eigenvalue weighted by atomic mass is 10.1. The van der Waals surface area contributed by atoms with Crippen LogP contribution in [0.3, 0.4) is 0 Å². The fraction of sp³-hybridized carbons (Fsp3) is 0.185. The number of benzene rings is 2. The molecule has 0 bridgehead atoms. The molecule has 5 rings (SSSR count). The predicted molar refractivity (Wildman–Crippen MR) is 149 cm³/mol. The molecule has 2 aromatic carbocycles. The Bertz CT molecular complexity index is 1470. The number of hydrogen-bond acceptors (Lipinski definition) is 5. The fourth-order valence-corrected chi connectivity index (χ4v) is 5.04. The largest absolute Gasteiger partial charge is 0.342 e. The van der Waals surface area contributed by atoms with Crippen LogP contribution < -0.4 is 5.32 Å². The monoisotopic (exact) mass is 535 g/mol. The number of aromatic nitrogens is 2. The van der Waals surface area contributed by atoms with Gasteiger partial charge >= 0.3 is 0 Å². The summed E-state index contributed by atoms with van der Waals surface area (Å²) < 4.78 is 0. The minimum atomic E-state index is -0.216. The number of rotatable bonds is 6. The number of piperazine rings is 1. The first-order valence-electron chi connectivity index (χ1n) is 11.6. The Morgan fingerprint density at radius 2 is 1.84 bits per heavy atom. The van der Waals surface area contributed by atoms with Crippen molar-refractivity contribution in [3.05, 3.63) is 81.2 Å². The van der Waals surface area contributed by atoms with E-state index >= 15 is 0 Å². The molecule has 190 valence electrons. The Balaban J connectivity index is 0.00000320. The third-order valence-electron chi connectivity index (χ3n) is 6.29. The van der Waals surface area contributed by atoms with Crippen LogP contribution in [0.4, 0.5) is 5.69 Å². The number of anilines is 1.